The van der Waals surface area contributed by atoms with Gasteiger partial charge in [-0.1, -0.05) is 12.1 Å². The van der Waals surface area contributed by atoms with Gasteiger partial charge in [-0.25, -0.2) is 4.79 Å². The zero-order valence-electron chi connectivity index (χ0n) is 10.9. The average Bonchev–Trinajstić information content (AvgIpc) is 2.49. The Bertz CT molecular complexity index is 679. The van der Waals surface area contributed by atoms with Crippen LogP contribution in [0.4, 0.5) is 5.69 Å². The van der Waals surface area contributed by atoms with E-state index >= 15 is 0 Å². The first-order chi connectivity index (χ1) is 10.0. The molecule has 0 radical (unpaired) electrons. The van der Waals surface area contributed by atoms with Gasteiger partial charge in [0.05, 0.1) is 17.9 Å². The molecule has 0 saturated heterocycles. The lowest BCUT2D eigenvalue weighted by atomic mass is 10.1. The van der Waals surface area contributed by atoms with Crippen molar-refractivity contribution in [3.63, 3.8) is 0 Å². The molecule has 0 unspecified atom stereocenters. The molecule has 0 fully saturated rings. The van der Waals surface area contributed by atoms with Crippen LogP contribution < -0.4 is 5.32 Å². The van der Waals surface area contributed by atoms with Crippen molar-refractivity contribution in [2.75, 3.05) is 5.32 Å². The second-order valence-electron chi connectivity index (χ2n) is 4.35. The summed E-state index contributed by atoms with van der Waals surface area (Å²) in [6.07, 6.45) is 0. The molecule has 21 heavy (non-hydrogen) atoms. The summed E-state index contributed by atoms with van der Waals surface area (Å²) in [4.78, 5) is 22.9. The highest BCUT2D eigenvalue weighted by Crippen LogP contribution is 2.25. The zero-order chi connectivity index (χ0) is 15.4. The molecule has 0 aromatic heterocycles. The van der Waals surface area contributed by atoms with Crippen LogP contribution in [-0.2, 0) is 6.61 Å². The Morgan fingerprint density at radius 2 is 1.62 bits per heavy atom. The lowest BCUT2D eigenvalue weighted by Gasteiger charge is -2.08. The summed E-state index contributed by atoms with van der Waals surface area (Å²) in [5.74, 6) is -1.87. The minimum Gasteiger partial charge on any atom is -0.506 e. The highest BCUT2D eigenvalue weighted by Gasteiger charge is 2.12. The van der Waals surface area contributed by atoms with Crippen molar-refractivity contribution in [1.82, 2.24) is 0 Å². The van der Waals surface area contributed by atoms with Crippen LogP contribution in [0.15, 0.2) is 42.5 Å². The van der Waals surface area contributed by atoms with Gasteiger partial charge in [-0.3, -0.25) is 4.79 Å². The molecule has 0 aliphatic rings. The molecular weight excluding hydrogens is 274 g/mol. The number of aromatic hydroxyl groups is 1. The number of anilines is 1. The monoisotopic (exact) mass is 287 g/mol. The van der Waals surface area contributed by atoms with E-state index in [0.717, 1.165) is 0 Å². The fourth-order valence-corrected chi connectivity index (χ4v) is 1.73. The van der Waals surface area contributed by atoms with Gasteiger partial charge in [0.2, 0.25) is 0 Å². The van der Waals surface area contributed by atoms with E-state index in [0.29, 0.717) is 11.1 Å². The number of carbonyl (C=O) groups is 2. The van der Waals surface area contributed by atoms with E-state index in [9.17, 15) is 14.7 Å². The van der Waals surface area contributed by atoms with Crippen molar-refractivity contribution in [3.05, 3.63) is 59.2 Å². The number of carboxylic acid groups (broad SMARTS) is 1. The molecule has 0 aliphatic heterocycles. The van der Waals surface area contributed by atoms with E-state index in [1.54, 1.807) is 12.1 Å². The first-order valence-corrected chi connectivity index (χ1v) is 6.08. The van der Waals surface area contributed by atoms with Crippen molar-refractivity contribution in [1.29, 1.82) is 0 Å². The van der Waals surface area contributed by atoms with E-state index in [1.165, 1.54) is 30.3 Å². The Labute approximate surface area is 120 Å². The molecule has 0 bridgehead atoms. The summed E-state index contributed by atoms with van der Waals surface area (Å²) in [7, 11) is 0. The number of aromatic carboxylic acids is 1. The Morgan fingerprint density at radius 3 is 2.19 bits per heavy atom. The first kappa shape index (κ1) is 14.5. The van der Waals surface area contributed by atoms with Crippen LogP contribution in [0.25, 0.3) is 0 Å². The fraction of sp³-hybridized carbons (Fsp3) is 0.0667. The summed E-state index contributed by atoms with van der Waals surface area (Å²) in [5.41, 5.74) is 0.972. The lowest BCUT2D eigenvalue weighted by molar-refractivity contribution is 0.0696. The van der Waals surface area contributed by atoms with Crippen molar-refractivity contribution in [2.24, 2.45) is 0 Å². The fourth-order valence-electron chi connectivity index (χ4n) is 1.73. The van der Waals surface area contributed by atoms with Crippen LogP contribution in [0.1, 0.15) is 26.3 Å². The Balaban J connectivity index is 2.22. The molecule has 1 amide bonds. The number of amides is 1. The molecule has 0 aliphatic carbocycles. The maximum absolute atomic E-state index is 12.0. The predicted molar refractivity (Wildman–Crippen MR) is 75.4 cm³/mol. The largest absolute Gasteiger partial charge is 0.506 e. The van der Waals surface area contributed by atoms with Crippen LogP contribution >= 0.6 is 0 Å². The second kappa shape index (κ2) is 6.06. The Hall–Kier alpha value is -2.86. The van der Waals surface area contributed by atoms with Crippen molar-refractivity contribution in [3.8, 4) is 5.75 Å². The highest BCUT2D eigenvalue weighted by molar-refractivity contribution is 6.05. The van der Waals surface area contributed by atoms with E-state index in [-0.39, 0.29) is 23.6 Å². The second-order valence-corrected chi connectivity index (χ2v) is 4.35. The maximum atomic E-state index is 12.0. The molecule has 2 rings (SSSR count). The molecule has 2 aromatic rings. The summed E-state index contributed by atoms with van der Waals surface area (Å²) in [5, 5.41) is 29.9. The van der Waals surface area contributed by atoms with E-state index < -0.39 is 11.9 Å². The van der Waals surface area contributed by atoms with Crippen LogP contribution in [0.5, 0.6) is 5.75 Å². The Morgan fingerprint density at radius 1 is 1.00 bits per heavy atom. The molecular formula is C15H13NO5. The molecule has 2 aromatic carbocycles. The number of phenols is 1. The van der Waals surface area contributed by atoms with Crippen molar-refractivity contribution >= 4 is 17.6 Å². The van der Waals surface area contributed by atoms with Gasteiger partial charge in [-0.2, -0.15) is 0 Å². The van der Waals surface area contributed by atoms with Crippen molar-refractivity contribution < 1.29 is 24.9 Å². The zero-order valence-corrected chi connectivity index (χ0v) is 10.9. The van der Waals surface area contributed by atoms with E-state index in [2.05, 4.69) is 5.32 Å². The number of carboxylic acids is 1. The summed E-state index contributed by atoms with van der Waals surface area (Å²) >= 11 is 0. The minimum absolute atomic E-state index is 0.0196. The van der Waals surface area contributed by atoms with E-state index in [1.807, 2.05) is 0 Å². The van der Waals surface area contributed by atoms with Gasteiger partial charge < -0.3 is 20.6 Å². The standard InChI is InChI=1S/C15H13NO5/c17-8-9-1-3-10(4-2-9)14(19)16-12-7-11(15(20)21)5-6-13(12)18/h1-7,17-18H,8H2,(H,16,19)(H,20,21). The van der Waals surface area contributed by atoms with Crippen LogP contribution in [-0.4, -0.2) is 27.2 Å². The number of hydrogen-bond donors (Lipinski definition) is 4. The van der Waals surface area contributed by atoms with Gasteiger partial charge in [0.1, 0.15) is 5.75 Å². The number of rotatable bonds is 4. The van der Waals surface area contributed by atoms with Crippen LogP contribution in [0, 0.1) is 0 Å². The molecule has 6 heteroatoms. The predicted octanol–water partition coefficient (Wildman–Crippen LogP) is 1.83. The normalized spacial score (nSPS) is 10.1. The molecule has 0 atom stereocenters. The minimum atomic E-state index is -1.15. The molecule has 0 heterocycles. The summed E-state index contributed by atoms with van der Waals surface area (Å²) < 4.78 is 0. The van der Waals surface area contributed by atoms with Crippen LogP contribution in [0.3, 0.4) is 0 Å². The number of nitrogens with one attached hydrogen (secondary N) is 1. The molecule has 6 nitrogen and oxygen atoms in total. The van der Waals surface area contributed by atoms with Gasteiger partial charge >= 0.3 is 5.97 Å². The summed E-state index contributed by atoms with van der Waals surface area (Å²) in [6, 6.07) is 9.87. The number of benzene rings is 2. The third kappa shape index (κ3) is 3.37. The Kier molecular flexibility index (Phi) is 4.20. The van der Waals surface area contributed by atoms with Gasteiger partial charge in [0, 0.05) is 5.56 Å². The quantitative estimate of drug-likeness (QED) is 0.642. The van der Waals surface area contributed by atoms with E-state index in [4.69, 9.17) is 10.2 Å². The van der Waals surface area contributed by atoms with Gasteiger partial charge in [-0.15, -0.1) is 0 Å². The third-order valence-corrected chi connectivity index (χ3v) is 2.89. The number of carbonyl (C=O) groups excluding carboxylic acids is 1. The van der Waals surface area contributed by atoms with Gasteiger partial charge in [0.25, 0.3) is 5.91 Å². The number of aliphatic hydroxyl groups excluding tert-OH is 1. The molecule has 0 saturated carbocycles. The average molecular weight is 287 g/mol. The maximum Gasteiger partial charge on any atom is 0.335 e. The van der Waals surface area contributed by atoms with Crippen molar-refractivity contribution in [2.45, 2.75) is 6.61 Å². The first-order valence-electron chi connectivity index (χ1n) is 6.08. The molecule has 108 valence electrons. The number of phenolic OH excluding ortho intramolecular Hbond substituents is 1. The lowest BCUT2D eigenvalue weighted by Crippen LogP contribution is -2.12. The van der Waals surface area contributed by atoms with Gasteiger partial charge in [0.15, 0.2) is 0 Å². The molecule has 0 spiro atoms. The topological polar surface area (TPSA) is 107 Å². The number of aliphatic hydroxyl groups is 1. The molecule has 4 N–H and O–H groups in total. The smallest absolute Gasteiger partial charge is 0.335 e. The SMILES string of the molecule is O=C(O)c1ccc(O)c(NC(=O)c2ccc(CO)cc2)c1. The summed E-state index contributed by atoms with van der Waals surface area (Å²) in [6.45, 7) is -0.122. The number of hydrogen-bond acceptors (Lipinski definition) is 4. The van der Waals surface area contributed by atoms with Gasteiger partial charge in [-0.05, 0) is 35.9 Å². The third-order valence-electron chi connectivity index (χ3n) is 2.89. The highest BCUT2D eigenvalue weighted by atomic mass is 16.4. The van der Waals surface area contributed by atoms with Crippen LogP contribution in [0.2, 0.25) is 0 Å².